The molecule has 30 heavy (non-hydrogen) atoms. The van der Waals surface area contributed by atoms with Gasteiger partial charge < -0.3 is 5.32 Å². The zero-order valence-electron chi connectivity index (χ0n) is 18.1. The van der Waals surface area contributed by atoms with Crippen LogP contribution in [-0.2, 0) is 27.7 Å². The molecule has 0 unspecified atom stereocenters. The number of hydrogen-bond donors (Lipinski definition) is 1. The molecule has 2 fully saturated rings. The third-order valence-electron chi connectivity index (χ3n) is 7.35. The van der Waals surface area contributed by atoms with Crippen molar-refractivity contribution in [3.63, 3.8) is 0 Å². The lowest BCUT2D eigenvalue weighted by molar-refractivity contribution is -0.126. The van der Waals surface area contributed by atoms with Crippen LogP contribution in [0.25, 0.3) is 0 Å². The van der Waals surface area contributed by atoms with E-state index >= 15 is 0 Å². The summed E-state index contributed by atoms with van der Waals surface area (Å²) in [6.07, 6.45) is 13.5. The minimum atomic E-state index is -3.46. The van der Waals surface area contributed by atoms with Gasteiger partial charge in [0, 0.05) is 25.6 Å². The van der Waals surface area contributed by atoms with Crippen LogP contribution in [0.3, 0.4) is 0 Å². The van der Waals surface area contributed by atoms with Crippen LogP contribution in [0, 0.1) is 11.8 Å². The fraction of sp³-hybridized carbons (Fsp3) is 0.708. The molecule has 0 spiro atoms. The van der Waals surface area contributed by atoms with E-state index in [9.17, 15) is 13.2 Å². The molecule has 4 rings (SSSR count). The van der Waals surface area contributed by atoms with E-state index in [2.05, 4.69) is 5.32 Å². The smallest absolute Gasteiger partial charge is 0.243 e. The lowest BCUT2D eigenvalue weighted by Crippen LogP contribution is -2.43. The van der Waals surface area contributed by atoms with Gasteiger partial charge in [0.05, 0.1) is 4.90 Å². The van der Waals surface area contributed by atoms with Gasteiger partial charge >= 0.3 is 0 Å². The van der Waals surface area contributed by atoms with Crippen LogP contribution < -0.4 is 5.32 Å². The molecule has 0 radical (unpaired) electrons. The summed E-state index contributed by atoms with van der Waals surface area (Å²) in [4.78, 5) is 12.9. The molecule has 166 valence electrons. The Hall–Kier alpha value is -1.40. The minimum Gasteiger partial charge on any atom is -0.356 e. The first kappa shape index (κ1) is 21.8. The summed E-state index contributed by atoms with van der Waals surface area (Å²) in [6.45, 7) is 1.61. The van der Waals surface area contributed by atoms with Gasteiger partial charge in [0.25, 0.3) is 0 Å². The van der Waals surface area contributed by atoms with Crippen molar-refractivity contribution in [3.8, 4) is 0 Å². The highest BCUT2D eigenvalue weighted by molar-refractivity contribution is 7.89. The van der Waals surface area contributed by atoms with E-state index in [1.165, 1.54) is 49.7 Å². The van der Waals surface area contributed by atoms with Crippen LogP contribution in [0.4, 0.5) is 0 Å². The van der Waals surface area contributed by atoms with Crippen molar-refractivity contribution in [2.75, 3.05) is 19.6 Å². The summed E-state index contributed by atoms with van der Waals surface area (Å²) in [5.74, 6) is 0.891. The van der Waals surface area contributed by atoms with Gasteiger partial charge in [-0.05, 0) is 74.1 Å². The molecular weight excluding hydrogens is 396 g/mol. The van der Waals surface area contributed by atoms with Gasteiger partial charge in [0.2, 0.25) is 15.9 Å². The van der Waals surface area contributed by atoms with E-state index in [0.29, 0.717) is 30.8 Å². The quantitative estimate of drug-likeness (QED) is 0.661. The molecule has 2 aliphatic carbocycles. The monoisotopic (exact) mass is 432 g/mol. The molecule has 0 bridgehead atoms. The molecule has 0 aromatic heterocycles. The molecule has 1 N–H and O–H groups in total. The van der Waals surface area contributed by atoms with Gasteiger partial charge in [0.15, 0.2) is 0 Å². The van der Waals surface area contributed by atoms with E-state index in [1.54, 1.807) is 10.4 Å². The maximum atomic E-state index is 13.1. The Morgan fingerprint density at radius 3 is 2.47 bits per heavy atom. The number of amides is 1. The molecule has 0 atom stereocenters. The number of benzene rings is 1. The number of sulfonamides is 1. The molecule has 3 aliphatic rings. The summed E-state index contributed by atoms with van der Waals surface area (Å²) < 4.78 is 27.7. The summed E-state index contributed by atoms with van der Waals surface area (Å²) in [6, 6.07) is 5.59. The van der Waals surface area contributed by atoms with Gasteiger partial charge in [-0.1, -0.05) is 38.2 Å². The van der Waals surface area contributed by atoms with Gasteiger partial charge in [-0.15, -0.1) is 0 Å². The highest BCUT2D eigenvalue weighted by Gasteiger charge is 2.32. The van der Waals surface area contributed by atoms with Crippen molar-refractivity contribution in [2.45, 2.75) is 81.9 Å². The predicted octanol–water partition coefficient (Wildman–Crippen LogP) is 4.05. The van der Waals surface area contributed by atoms with Crippen molar-refractivity contribution in [2.24, 2.45) is 11.8 Å². The first-order valence-corrected chi connectivity index (χ1v) is 13.4. The molecule has 1 saturated carbocycles. The fourth-order valence-electron chi connectivity index (χ4n) is 5.44. The topological polar surface area (TPSA) is 66.5 Å². The SMILES string of the molecule is O=C(NCCCC1CCCCC1)C1CCN(S(=O)(=O)c2ccc3c(c2)CCC3)CC1. The number of piperidine rings is 1. The van der Waals surface area contributed by atoms with Crippen molar-refractivity contribution in [3.05, 3.63) is 29.3 Å². The zero-order valence-corrected chi connectivity index (χ0v) is 18.9. The average Bonchev–Trinajstić information content (AvgIpc) is 3.25. The first-order valence-electron chi connectivity index (χ1n) is 11.9. The van der Waals surface area contributed by atoms with Crippen molar-refractivity contribution in [1.29, 1.82) is 0 Å². The second-order valence-corrected chi connectivity index (χ2v) is 11.3. The first-order chi connectivity index (χ1) is 14.5. The van der Waals surface area contributed by atoms with E-state index in [1.807, 2.05) is 12.1 Å². The maximum absolute atomic E-state index is 13.1. The van der Waals surface area contributed by atoms with E-state index in [4.69, 9.17) is 0 Å². The lowest BCUT2D eigenvalue weighted by atomic mass is 9.86. The van der Waals surface area contributed by atoms with E-state index < -0.39 is 10.0 Å². The Balaban J connectivity index is 1.22. The number of fused-ring (bicyclic) bond motifs is 1. The number of rotatable bonds is 7. The molecule has 6 heteroatoms. The van der Waals surface area contributed by atoms with Crippen LogP contribution in [0.5, 0.6) is 0 Å². The second kappa shape index (κ2) is 9.82. The standard InChI is InChI=1S/C24H36N2O3S/c27-24(25-15-5-8-19-6-2-1-3-7-19)21-13-16-26(17-14-21)30(28,29)23-12-11-20-9-4-10-22(20)18-23/h11-12,18-19,21H,1-10,13-17H2,(H,25,27). The number of nitrogens with one attached hydrogen (secondary N) is 1. The Kier molecular flexibility index (Phi) is 7.14. The number of carbonyl (C=O) groups is 1. The highest BCUT2D eigenvalue weighted by atomic mass is 32.2. The van der Waals surface area contributed by atoms with Crippen LogP contribution in [0.1, 0.15) is 75.3 Å². The molecule has 1 aliphatic heterocycles. The Bertz CT molecular complexity index is 838. The highest BCUT2D eigenvalue weighted by Crippen LogP contribution is 2.29. The van der Waals surface area contributed by atoms with Crippen LogP contribution in [0.15, 0.2) is 23.1 Å². The van der Waals surface area contributed by atoms with Gasteiger partial charge in [-0.2, -0.15) is 4.31 Å². The molecule has 5 nitrogen and oxygen atoms in total. The molecule has 1 aromatic rings. The molecule has 1 aromatic carbocycles. The van der Waals surface area contributed by atoms with Gasteiger partial charge in [0.1, 0.15) is 0 Å². The molecular formula is C24H36N2O3S. The normalized spacial score (nSPS) is 21.5. The lowest BCUT2D eigenvalue weighted by Gasteiger charge is -2.30. The second-order valence-electron chi connectivity index (χ2n) is 9.40. The minimum absolute atomic E-state index is 0.0637. The average molecular weight is 433 g/mol. The van der Waals surface area contributed by atoms with Crippen molar-refractivity contribution < 1.29 is 13.2 Å². The molecule has 1 saturated heterocycles. The molecule has 1 amide bonds. The number of hydrogen-bond acceptors (Lipinski definition) is 3. The third-order valence-corrected chi connectivity index (χ3v) is 9.24. The Labute approximate surface area is 181 Å². The summed E-state index contributed by atoms with van der Waals surface area (Å²) in [5, 5.41) is 3.10. The van der Waals surface area contributed by atoms with Crippen LogP contribution in [0.2, 0.25) is 0 Å². The zero-order chi connectivity index (χ0) is 21.0. The number of nitrogens with zero attached hydrogens (tertiary/aromatic N) is 1. The summed E-state index contributed by atoms with van der Waals surface area (Å²) in [7, 11) is -3.46. The van der Waals surface area contributed by atoms with Crippen molar-refractivity contribution >= 4 is 15.9 Å². The Morgan fingerprint density at radius 2 is 1.70 bits per heavy atom. The van der Waals surface area contributed by atoms with Crippen LogP contribution in [-0.4, -0.2) is 38.3 Å². The Morgan fingerprint density at radius 1 is 0.967 bits per heavy atom. The third kappa shape index (κ3) is 5.08. The van der Waals surface area contributed by atoms with Crippen LogP contribution >= 0.6 is 0 Å². The summed E-state index contributed by atoms with van der Waals surface area (Å²) in [5.41, 5.74) is 2.46. The number of carbonyl (C=O) groups excluding carboxylic acids is 1. The predicted molar refractivity (Wildman–Crippen MR) is 119 cm³/mol. The van der Waals surface area contributed by atoms with E-state index in [0.717, 1.165) is 38.1 Å². The summed E-state index contributed by atoms with van der Waals surface area (Å²) >= 11 is 0. The van der Waals surface area contributed by atoms with Gasteiger partial charge in [-0.25, -0.2) is 8.42 Å². The largest absolute Gasteiger partial charge is 0.356 e. The fourth-order valence-corrected chi connectivity index (χ4v) is 6.96. The van der Waals surface area contributed by atoms with Gasteiger partial charge in [-0.3, -0.25) is 4.79 Å². The molecule has 1 heterocycles. The maximum Gasteiger partial charge on any atom is 0.243 e. The van der Waals surface area contributed by atoms with Crippen molar-refractivity contribution in [1.82, 2.24) is 9.62 Å². The van der Waals surface area contributed by atoms with E-state index in [-0.39, 0.29) is 11.8 Å². The number of aryl methyl sites for hydroxylation is 2.